The molecule has 0 amide bonds. The van der Waals surface area contributed by atoms with Gasteiger partial charge in [-0.15, -0.1) is 0 Å². The Morgan fingerprint density at radius 2 is 1.91 bits per heavy atom. The lowest BCUT2D eigenvalue weighted by Crippen LogP contribution is -2.45. The van der Waals surface area contributed by atoms with Crippen LogP contribution >= 0.6 is 11.6 Å². The van der Waals surface area contributed by atoms with Gasteiger partial charge in [0, 0.05) is 10.6 Å². The lowest BCUT2D eigenvalue weighted by molar-refractivity contribution is -0.203. The molecular formula is C18H17ClO4. The molecule has 1 aliphatic rings. The lowest BCUT2D eigenvalue weighted by Gasteiger charge is -2.40. The van der Waals surface area contributed by atoms with E-state index in [0.29, 0.717) is 10.8 Å². The Morgan fingerprint density at radius 3 is 2.57 bits per heavy atom. The molecule has 0 saturated heterocycles. The topological polar surface area (TPSA) is 44.8 Å². The molecule has 0 N–H and O–H groups in total. The second kappa shape index (κ2) is 5.87. The zero-order valence-electron chi connectivity index (χ0n) is 13.1. The first-order valence-corrected chi connectivity index (χ1v) is 7.62. The highest BCUT2D eigenvalue weighted by atomic mass is 35.5. The van der Waals surface area contributed by atoms with Crippen LogP contribution in [0, 0.1) is 6.92 Å². The Bertz CT molecular complexity index is 744. The zero-order valence-corrected chi connectivity index (χ0v) is 13.9. The van der Waals surface area contributed by atoms with Gasteiger partial charge in [-0.1, -0.05) is 41.9 Å². The second-order valence-corrected chi connectivity index (χ2v) is 5.94. The van der Waals surface area contributed by atoms with Crippen molar-refractivity contribution in [3.05, 3.63) is 64.2 Å². The number of carbonyl (C=O) groups excluding carboxylic acids is 1. The van der Waals surface area contributed by atoms with E-state index >= 15 is 0 Å². The molecule has 1 aliphatic heterocycles. The molecule has 0 aromatic heterocycles. The van der Waals surface area contributed by atoms with Crippen LogP contribution in [0.3, 0.4) is 0 Å². The van der Waals surface area contributed by atoms with Crippen molar-refractivity contribution in [1.29, 1.82) is 0 Å². The molecule has 1 heterocycles. The highest BCUT2D eigenvalue weighted by Crippen LogP contribution is 2.46. The van der Waals surface area contributed by atoms with Crippen molar-refractivity contribution in [2.24, 2.45) is 0 Å². The molecular weight excluding hydrogens is 316 g/mol. The number of methoxy groups -OCH3 is 1. The van der Waals surface area contributed by atoms with Crippen molar-refractivity contribution in [3.63, 3.8) is 0 Å². The summed E-state index contributed by atoms with van der Waals surface area (Å²) in [4.78, 5) is 11.9. The van der Waals surface area contributed by atoms with Crippen LogP contribution in [0.2, 0.25) is 5.02 Å². The molecule has 0 radical (unpaired) electrons. The predicted molar refractivity (Wildman–Crippen MR) is 86.6 cm³/mol. The van der Waals surface area contributed by atoms with E-state index in [1.54, 1.807) is 12.1 Å². The standard InChI is InChI=1S/C18H17ClO4/c1-11-13(19)9-10-14-15(11)18(2,12-7-5-4-6-8-12)23-17(22-14)16(20)21-3/h4-10,17H,1-3H3. The molecule has 5 heteroatoms. The Morgan fingerprint density at radius 1 is 1.22 bits per heavy atom. The summed E-state index contributed by atoms with van der Waals surface area (Å²) in [5, 5.41) is 0.620. The number of fused-ring (bicyclic) bond motifs is 1. The third-order valence-electron chi connectivity index (χ3n) is 4.13. The first-order valence-electron chi connectivity index (χ1n) is 7.25. The van der Waals surface area contributed by atoms with Crippen molar-refractivity contribution in [1.82, 2.24) is 0 Å². The van der Waals surface area contributed by atoms with Crippen molar-refractivity contribution in [2.75, 3.05) is 7.11 Å². The molecule has 0 fully saturated rings. The van der Waals surface area contributed by atoms with E-state index in [1.807, 2.05) is 44.2 Å². The van der Waals surface area contributed by atoms with E-state index in [9.17, 15) is 4.79 Å². The van der Waals surface area contributed by atoms with E-state index in [-0.39, 0.29) is 0 Å². The molecule has 0 saturated carbocycles. The summed E-state index contributed by atoms with van der Waals surface area (Å²) in [6, 6.07) is 13.2. The molecule has 0 bridgehead atoms. The summed E-state index contributed by atoms with van der Waals surface area (Å²) in [6.07, 6.45) is -1.13. The first kappa shape index (κ1) is 15.8. The Hall–Kier alpha value is -2.04. The van der Waals surface area contributed by atoms with E-state index in [2.05, 4.69) is 0 Å². The number of esters is 1. The van der Waals surface area contributed by atoms with Crippen LogP contribution < -0.4 is 4.74 Å². The average Bonchev–Trinajstić information content (AvgIpc) is 2.57. The monoisotopic (exact) mass is 332 g/mol. The SMILES string of the molecule is COC(=O)C1Oc2ccc(Cl)c(C)c2C(C)(c2ccccc2)O1. The lowest BCUT2D eigenvalue weighted by atomic mass is 9.84. The molecule has 120 valence electrons. The summed E-state index contributed by atoms with van der Waals surface area (Å²) < 4.78 is 16.5. The van der Waals surface area contributed by atoms with Crippen LogP contribution in [-0.2, 0) is 19.9 Å². The maximum atomic E-state index is 11.9. The average molecular weight is 333 g/mol. The summed E-state index contributed by atoms with van der Waals surface area (Å²) in [5.41, 5.74) is 1.71. The van der Waals surface area contributed by atoms with Gasteiger partial charge in [-0.2, -0.15) is 0 Å². The maximum Gasteiger partial charge on any atom is 0.376 e. The highest BCUT2D eigenvalue weighted by molar-refractivity contribution is 6.31. The summed E-state index contributed by atoms with van der Waals surface area (Å²) in [5.74, 6) is -0.00897. The van der Waals surface area contributed by atoms with E-state index in [1.165, 1.54) is 7.11 Å². The largest absolute Gasteiger partial charge is 0.464 e. The van der Waals surface area contributed by atoms with E-state index in [4.69, 9.17) is 25.8 Å². The van der Waals surface area contributed by atoms with Gasteiger partial charge in [-0.25, -0.2) is 4.79 Å². The predicted octanol–water partition coefficient (Wildman–Crippen LogP) is 3.82. The van der Waals surface area contributed by atoms with E-state index < -0.39 is 17.9 Å². The molecule has 0 spiro atoms. The third kappa shape index (κ3) is 2.58. The Balaban J connectivity index is 2.22. The van der Waals surface area contributed by atoms with Crippen molar-refractivity contribution in [3.8, 4) is 5.75 Å². The number of halogens is 1. The first-order chi connectivity index (χ1) is 11.0. The smallest absolute Gasteiger partial charge is 0.376 e. The molecule has 0 aliphatic carbocycles. The van der Waals surface area contributed by atoms with E-state index in [0.717, 1.165) is 16.7 Å². The fourth-order valence-corrected chi connectivity index (χ4v) is 3.08. The van der Waals surface area contributed by atoms with Gasteiger partial charge in [0.2, 0.25) is 0 Å². The molecule has 2 unspecified atom stereocenters. The highest BCUT2D eigenvalue weighted by Gasteiger charge is 2.44. The van der Waals surface area contributed by atoms with Crippen LogP contribution in [-0.4, -0.2) is 19.4 Å². The molecule has 2 atom stereocenters. The summed E-state index contributed by atoms with van der Waals surface area (Å²) in [7, 11) is 1.30. The van der Waals surface area contributed by atoms with Gasteiger partial charge in [-0.05, 0) is 37.1 Å². The normalized spacial score (nSPS) is 22.9. The van der Waals surface area contributed by atoms with Crippen molar-refractivity contribution >= 4 is 17.6 Å². The fourth-order valence-electron chi connectivity index (χ4n) is 2.93. The number of rotatable bonds is 2. The van der Waals surface area contributed by atoms with Crippen LogP contribution in [0.1, 0.15) is 23.6 Å². The van der Waals surface area contributed by atoms with Crippen LogP contribution in [0.4, 0.5) is 0 Å². The number of hydrogen-bond acceptors (Lipinski definition) is 4. The number of hydrogen-bond donors (Lipinski definition) is 0. The molecule has 4 nitrogen and oxygen atoms in total. The van der Waals surface area contributed by atoms with Gasteiger partial charge in [0.05, 0.1) is 7.11 Å². The van der Waals surface area contributed by atoms with Crippen molar-refractivity contribution < 1.29 is 19.0 Å². The quantitative estimate of drug-likeness (QED) is 0.784. The van der Waals surface area contributed by atoms with Gasteiger partial charge in [-0.3, -0.25) is 0 Å². The number of benzene rings is 2. The zero-order chi connectivity index (χ0) is 16.6. The molecule has 2 aromatic carbocycles. The molecule has 2 aromatic rings. The Labute approximate surface area is 139 Å². The Kier molecular flexibility index (Phi) is 4.04. The summed E-state index contributed by atoms with van der Waals surface area (Å²) in [6.45, 7) is 3.82. The summed E-state index contributed by atoms with van der Waals surface area (Å²) >= 11 is 6.28. The molecule has 23 heavy (non-hydrogen) atoms. The fraction of sp³-hybridized carbons (Fsp3) is 0.278. The maximum absolute atomic E-state index is 11.9. The van der Waals surface area contributed by atoms with Gasteiger partial charge in [0.25, 0.3) is 0 Å². The second-order valence-electron chi connectivity index (χ2n) is 5.54. The minimum Gasteiger partial charge on any atom is -0.464 e. The number of ether oxygens (including phenoxy) is 3. The van der Waals surface area contributed by atoms with Gasteiger partial charge < -0.3 is 14.2 Å². The molecule has 3 rings (SSSR count). The van der Waals surface area contributed by atoms with Crippen LogP contribution in [0.25, 0.3) is 0 Å². The minimum absolute atomic E-state index is 0.569. The van der Waals surface area contributed by atoms with Gasteiger partial charge >= 0.3 is 12.3 Å². The van der Waals surface area contributed by atoms with Crippen LogP contribution in [0.5, 0.6) is 5.75 Å². The minimum atomic E-state index is -1.13. The van der Waals surface area contributed by atoms with Gasteiger partial charge in [0.15, 0.2) is 0 Å². The third-order valence-corrected chi connectivity index (χ3v) is 4.54. The van der Waals surface area contributed by atoms with Gasteiger partial charge in [0.1, 0.15) is 11.4 Å². The van der Waals surface area contributed by atoms with Crippen molar-refractivity contribution in [2.45, 2.75) is 25.7 Å². The van der Waals surface area contributed by atoms with Crippen LogP contribution in [0.15, 0.2) is 42.5 Å². The number of carbonyl (C=O) groups is 1.